The Balaban J connectivity index is 1.90. The number of aromatic amines is 1. The Hall–Kier alpha value is -1.77. The SMILES string of the molecule is CCNCc1ccc(CS(=O)(=O)NCc2ncn[nH]2)cc1. The van der Waals surface area contributed by atoms with Crippen molar-refractivity contribution in [2.75, 3.05) is 6.54 Å². The molecule has 2 rings (SSSR count). The van der Waals surface area contributed by atoms with Gasteiger partial charge in [-0.25, -0.2) is 18.1 Å². The lowest BCUT2D eigenvalue weighted by Gasteiger charge is -2.07. The van der Waals surface area contributed by atoms with E-state index in [2.05, 4.69) is 25.2 Å². The summed E-state index contributed by atoms with van der Waals surface area (Å²) in [5, 5.41) is 9.49. The fourth-order valence-corrected chi connectivity index (χ4v) is 2.88. The van der Waals surface area contributed by atoms with Gasteiger partial charge in [-0.05, 0) is 17.7 Å². The number of nitrogens with one attached hydrogen (secondary N) is 3. The van der Waals surface area contributed by atoms with E-state index >= 15 is 0 Å². The predicted octanol–water partition coefficient (Wildman–Crippen LogP) is 0.534. The molecule has 0 radical (unpaired) electrons. The minimum atomic E-state index is -3.39. The third kappa shape index (κ3) is 5.25. The van der Waals surface area contributed by atoms with Crippen LogP contribution in [-0.4, -0.2) is 30.1 Å². The molecule has 8 heteroatoms. The zero-order valence-electron chi connectivity index (χ0n) is 11.8. The second kappa shape index (κ2) is 7.30. The van der Waals surface area contributed by atoms with E-state index in [0.29, 0.717) is 5.82 Å². The van der Waals surface area contributed by atoms with Crippen LogP contribution in [0, 0.1) is 0 Å². The average Bonchev–Trinajstić information content (AvgIpc) is 2.98. The fraction of sp³-hybridized carbons (Fsp3) is 0.385. The van der Waals surface area contributed by atoms with Crippen molar-refractivity contribution in [2.45, 2.75) is 25.8 Å². The first-order valence-corrected chi connectivity index (χ1v) is 8.34. The number of hydrogen-bond donors (Lipinski definition) is 3. The molecule has 0 fully saturated rings. The number of aromatic nitrogens is 3. The highest BCUT2D eigenvalue weighted by Crippen LogP contribution is 2.08. The Morgan fingerprint density at radius 2 is 1.86 bits per heavy atom. The molecular weight excluding hydrogens is 290 g/mol. The molecule has 0 amide bonds. The number of sulfonamides is 1. The quantitative estimate of drug-likeness (QED) is 0.660. The molecule has 2 aromatic rings. The second-order valence-corrected chi connectivity index (χ2v) is 6.42. The largest absolute Gasteiger partial charge is 0.313 e. The van der Waals surface area contributed by atoms with Crippen LogP contribution in [0.3, 0.4) is 0 Å². The molecule has 1 aromatic heterocycles. The summed E-state index contributed by atoms with van der Waals surface area (Å²) in [7, 11) is -3.39. The van der Waals surface area contributed by atoms with Gasteiger partial charge in [0.15, 0.2) is 0 Å². The number of H-pyrrole nitrogens is 1. The molecule has 0 spiro atoms. The molecule has 0 aliphatic carbocycles. The minimum Gasteiger partial charge on any atom is -0.313 e. The molecule has 0 unspecified atom stereocenters. The first-order valence-electron chi connectivity index (χ1n) is 6.69. The van der Waals surface area contributed by atoms with Crippen LogP contribution in [0.25, 0.3) is 0 Å². The minimum absolute atomic E-state index is 0.0530. The Morgan fingerprint density at radius 1 is 1.14 bits per heavy atom. The molecule has 0 saturated heterocycles. The molecule has 0 atom stereocenters. The van der Waals surface area contributed by atoms with E-state index in [1.165, 1.54) is 6.33 Å². The fourth-order valence-electron chi connectivity index (χ4n) is 1.79. The summed E-state index contributed by atoms with van der Waals surface area (Å²) in [5.74, 6) is 0.433. The van der Waals surface area contributed by atoms with E-state index in [1.54, 1.807) is 0 Å². The highest BCUT2D eigenvalue weighted by molar-refractivity contribution is 7.88. The van der Waals surface area contributed by atoms with Gasteiger partial charge in [-0.3, -0.25) is 5.10 Å². The summed E-state index contributed by atoms with van der Waals surface area (Å²) in [6, 6.07) is 7.54. The molecule has 7 nitrogen and oxygen atoms in total. The van der Waals surface area contributed by atoms with Gasteiger partial charge in [-0.1, -0.05) is 31.2 Å². The van der Waals surface area contributed by atoms with E-state index in [4.69, 9.17) is 0 Å². The average molecular weight is 309 g/mol. The Morgan fingerprint density at radius 3 is 2.48 bits per heavy atom. The third-order valence-corrected chi connectivity index (χ3v) is 4.18. The van der Waals surface area contributed by atoms with E-state index in [0.717, 1.165) is 24.2 Å². The molecule has 3 N–H and O–H groups in total. The summed E-state index contributed by atoms with van der Waals surface area (Å²) in [5.41, 5.74) is 1.88. The number of hydrogen-bond acceptors (Lipinski definition) is 5. The molecule has 114 valence electrons. The van der Waals surface area contributed by atoms with E-state index < -0.39 is 10.0 Å². The zero-order valence-corrected chi connectivity index (χ0v) is 12.7. The summed E-state index contributed by atoms with van der Waals surface area (Å²) in [6.07, 6.45) is 1.34. The molecule has 21 heavy (non-hydrogen) atoms. The normalized spacial score (nSPS) is 11.7. The Kier molecular flexibility index (Phi) is 5.43. The van der Waals surface area contributed by atoms with Crippen LogP contribution < -0.4 is 10.0 Å². The van der Waals surface area contributed by atoms with Gasteiger partial charge in [0, 0.05) is 6.54 Å². The van der Waals surface area contributed by atoms with Gasteiger partial charge in [0.1, 0.15) is 12.2 Å². The maximum absolute atomic E-state index is 12.0. The third-order valence-electron chi connectivity index (χ3n) is 2.88. The zero-order chi connectivity index (χ0) is 15.1. The number of rotatable bonds is 8. The lowest BCUT2D eigenvalue weighted by molar-refractivity contribution is 0.578. The van der Waals surface area contributed by atoms with Crippen molar-refractivity contribution >= 4 is 10.0 Å². The van der Waals surface area contributed by atoms with Crippen LogP contribution in [0.2, 0.25) is 0 Å². The molecule has 0 bridgehead atoms. The Bertz CT molecular complexity index is 638. The monoisotopic (exact) mass is 309 g/mol. The van der Waals surface area contributed by atoms with Crippen molar-refractivity contribution in [3.8, 4) is 0 Å². The van der Waals surface area contributed by atoms with Gasteiger partial charge in [0.2, 0.25) is 10.0 Å². The van der Waals surface area contributed by atoms with Crippen LogP contribution in [0.1, 0.15) is 23.9 Å². The van der Waals surface area contributed by atoms with E-state index in [1.807, 2.05) is 31.2 Å². The highest BCUT2D eigenvalue weighted by atomic mass is 32.2. The van der Waals surface area contributed by atoms with Crippen molar-refractivity contribution in [1.29, 1.82) is 0 Å². The molecule has 1 aromatic carbocycles. The van der Waals surface area contributed by atoms with Crippen molar-refractivity contribution in [3.05, 3.63) is 47.5 Å². The smallest absolute Gasteiger partial charge is 0.216 e. The number of benzene rings is 1. The van der Waals surface area contributed by atoms with Gasteiger partial charge < -0.3 is 5.32 Å². The first kappa shape index (κ1) is 15.6. The van der Waals surface area contributed by atoms with Crippen LogP contribution in [0.4, 0.5) is 0 Å². The van der Waals surface area contributed by atoms with Crippen LogP contribution in [-0.2, 0) is 28.9 Å². The van der Waals surface area contributed by atoms with Crippen molar-refractivity contribution in [1.82, 2.24) is 25.2 Å². The maximum Gasteiger partial charge on any atom is 0.216 e. The van der Waals surface area contributed by atoms with Crippen molar-refractivity contribution < 1.29 is 8.42 Å². The van der Waals surface area contributed by atoms with Crippen LogP contribution in [0.15, 0.2) is 30.6 Å². The summed E-state index contributed by atoms with van der Waals surface area (Å²) < 4.78 is 26.4. The van der Waals surface area contributed by atoms with Crippen LogP contribution in [0.5, 0.6) is 0 Å². The molecule has 1 heterocycles. The van der Waals surface area contributed by atoms with Gasteiger partial charge in [0.25, 0.3) is 0 Å². The number of nitrogens with zero attached hydrogens (tertiary/aromatic N) is 2. The first-order chi connectivity index (χ1) is 10.1. The molecule has 0 aliphatic heterocycles. The van der Waals surface area contributed by atoms with Gasteiger partial charge in [-0.2, -0.15) is 5.10 Å². The van der Waals surface area contributed by atoms with Crippen LogP contribution >= 0.6 is 0 Å². The van der Waals surface area contributed by atoms with Gasteiger partial charge in [-0.15, -0.1) is 0 Å². The van der Waals surface area contributed by atoms with Gasteiger partial charge >= 0.3 is 0 Å². The van der Waals surface area contributed by atoms with E-state index in [9.17, 15) is 8.42 Å². The molecule has 0 aliphatic rings. The lowest BCUT2D eigenvalue weighted by Crippen LogP contribution is -2.25. The maximum atomic E-state index is 12.0. The summed E-state index contributed by atoms with van der Waals surface area (Å²) in [4.78, 5) is 3.87. The van der Waals surface area contributed by atoms with Crippen molar-refractivity contribution in [2.24, 2.45) is 0 Å². The summed E-state index contributed by atoms with van der Waals surface area (Å²) >= 11 is 0. The highest BCUT2D eigenvalue weighted by Gasteiger charge is 2.12. The predicted molar refractivity (Wildman–Crippen MR) is 79.7 cm³/mol. The van der Waals surface area contributed by atoms with E-state index in [-0.39, 0.29) is 12.3 Å². The van der Waals surface area contributed by atoms with Crippen molar-refractivity contribution in [3.63, 3.8) is 0 Å². The Labute approximate surface area is 124 Å². The lowest BCUT2D eigenvalue weighted by atomic mass is 10.1. The van der Waals surface area contributed by atoms with Gasteiger partial charge in [0.05, 0.1) is 12.3 Å². The standard InChI is InChI=1S/C13H19N5O2S/c1-2-14-7-11-3-5-12(6-4-11)9-21(19,20)17-8-13-15-10-16-18-13/h3-6,10,14,17H,2,7-9H2,1H3,(H,15,16,18). The molecular formula is C13H19N5O2S. The molecule has 0 saturated carbocycles. The summed E-state index contributed by atoms with van der Waals surface area (Å²) in [6.45, 7) is 3.84. The topological polar surface area (TPSA) is 99.8 Å². The second-order valence-electron chi connectivity index (χ2n) is 4.61.